The lowest BCUT2D eigenvalue weighted by molar-refractivity contribution is -0.000286. The van der Waals surface area contributed by atoms with Crippen molar-refractivity contribution in [2.75, 3.05) is 0 Å². The molecule has 1 atom stereocenters. The summed E-state index contributed by atoms with van der Waals surface area (Å²) >= 11 is 0. The predicted molar refractivity (Wildman–Crippen MR) is 177 cm³/mol. The molecule has 7 rings (SSSR count). The number of hydrogen-bond acceptors (Lipinski definition) is 5. The van der Waals surface area contributed by atoms with Crippen molar-refractivity contribution in [3.8, 4) is 34.1 Å². The molecular weight excluding hydrogens is 547 g/mol. The molecule has 1 unspecified atom stereocenters. The third-order valence-corrected chi connectivity index (χ3v) is 7.51. The first kappa shape index (κ1) is 27.4. The molecule has 7 aromatic rings. The number of aliphatic hydroxyl groups is 1. The molecule has 0 fully saturated rings. The second-order valence-corrected chi connectivity index (χ2v) is 10.5. The van der Waals surface area contributed by atoms with E-state index in [0.717, 1.165) is 43.4 Å². The SMILES string of the molecule is CC(O)Oc1ccc(-c2ccc3ccccc3c2OB(Oc2cccc3ccccc23)Oc2cccc3ccccc23)cc1. The quantitative estimate of drug-likeness (QED) is 0.137. The second kappa shape index (κ2) is 12.0. The Morgan fingerprint density at radius 2 is 1.00 bits per heavy atom. The Kier molecular flexibility index (Phi) is 7.49. The Morgan fingerprint density at radius 3 is 1.57 bits per heavy atom. The fourth-order valence-electron chi connectivity index (χ4n) is 5.48. The summed E-state index contributed by atoms with van der Waals surface area (Å²) in [5.74, 6) is 2.49. The summed E-state index contributed by atoms with van der Waals surface area (Å²) in [5.41, 5.74) is 1.78. The fourth-order valence-corrected chi connectivity index (χ4v) is 5.48. The van der Waals surface area contributed by atoms with E-state index >= 15 is 0 Å². The van der Waals surface area contributed by atoms with Crippen molar-refractivity contribution in [3.63, 3.8) is 0 Å². The molecule has 0 aliphatic carbocycles. The van der Waals surface area contributed by atoms with Crippen LogP contribution < -0.4 is 18.7 Å². The minimum absolute atomic E-state index is 0.573. The van der Waals surface area contributed by atoms with E-state index in [2.05, 4.69) is 36.4 Å². The van der Waals surface area contributed by atoms with E-state index < -0.39 is 13.6 Å². The molecule has 6 heteroatoms. The van der Waals surface area contributed by atoms with Crippen LogP contribution in [0.1, 0.15) is 6.92 Å². The van der Waals surface area contributed by atoms with Gasteiger partial charge in [0, 0.05) is 21.7 Å². The van der Waals surface area contributed by atoms with Gasteiger partial charge in [-0.1, -0.05) is 121 Å². The molecule has 0 aliphatic rings. The van der Waals surface area contributed by atoms with Crippen LogP contribution >= 0.6 is 0 Å². The Balaban J connectivity index is 1.34. The van der Waals surface area contributed by atoms with Crippen molar-refractivity contribution < 1.29 is 23.8 Å². The van der Waals surface area contributed by atoms with Gasteiger partial charge >= 0.3 is 7.32 Å². The molecule has 7 aromatic carbocycles. The van der Waals surface area contributed by atoms with Crippen molar-refractivity contribution in [2.45, 2.75) is 13.2 Å². The Bertz CT molecular complexity index is 1980. The molecule has 0 amide bonds. The van der Waals surface area contributed by atoms with E-state index in [4.69, 9.17) is 18.7 Å². The largest absolute Gasteiger partial charge is 0.864 e. The maximum atomic E-state index is 9.66. The maximum absolute atomic E-state index is 9.66. The van der Waals surface area contributed by atoms with Gasteiger partial charge in [0.2, 0.25) is 0 Å². The van der Waals surface area contributed by atoms with E-state index in [0.29, 0.717) is 23.0 Å². The van der Waals surface area contributed by atoms with Gasteiger partial charge in [0.15, 0.2) is 6.29 Å². The van der Waals surface area contributed by atoms with Gasteiger partial charge < -0.3 is 23.8 Å². The van der Waals surface area contributed by atoms with Crippen LogP contribution in [0.2, 0.25) is 0 Å². The van der Waals surface area contributed by atoms with Gasteiger partial charge in [-0.05, 0) is 52.9 Å². The highest BCUT2D eigenvalue weighted by atomic mass is 16.7. The molecule has 0 aliphatic heterocycles. The van der Waals surface area contributed by atoms with Crippen LogP contribution in [0.5, 0.6) is 23.0 Å². The standard InChI is InChI=1S/C38H29BO5/c1-26(40)41-31-23-20-30(21-24-31)35-25-22-29-12-4-7-17-34(29)38(35)44-39(42-36-18-8-13-27-10-2-5-15-32(27)36)43-37-19-9-14-28-11-3-6-16-33(28)37/h2-26,40H,1H3. The molecular formula is C38H29BO5. The topological polar surface area (TPSA) is 57.2 Å². The third-order valence-electron chi connectivity index (χ3n) is 7.51. The molecule has 0 heterocycles. The van der Waals surface area contributed by atoms with Gasteiger partial charge in [-0.15, -0.1) is 0 Å². The molecule has 1 N–H and O–H groups in total. The molecule has 0 radical (unpaired) electrons. The van der Waals surface area contributed by atoms with Gasteiger partial charge in [0.1, 0.15) is 23.0 Å². The minimum Gasteiger partial charge on any atom is -0.489 e. The first-order chi connectivity index (χ1) is 21.6. The molecule has 214 valence electrons. The summed E-state index contributed by atoms with van der Waals surface area (Å²) in [6.07, 6.45) is -0.904. The molecule has 0 bridgehead atoms. The van der Waals surface area contributed by atoms with E-state index in [1.54, 1.807) is 6.92 Å². The highest BCUT2D eigenvalue weighted by Gasteiger charge is 2.33. The van der Waals surface area contributed by atoms with Gasteiger partial charge in [-0.3, -0.25) is 0 Å². The Labute approximate surface area is 256 Å². The molecule has 0 spiro atoms. The molecule has 0 saturated heterocycles. The van der Waals surface area contributed by atoms with E-state index in [1.165, 1.54) is 0 Å². The molecule has 0 aromatic heterocycles. The van der Waals surface area contributed by atoms with Crippen molar-refractivity contribution in [2.24, 2.45) is 0 Å². The van der Waals surface area contributed by atoms with Gasteiger partial charge in [-0.2, -0.15) is 0 Å². The number of ether oxygens (including phenoxy) is 1. The molecule has 5 nitrogen and oxygen atoms in total. The highest BCUT2D eigenvalue weighted by molar-refractivity contribution is 6.40. The lowest BCUT2D eigenvalue weighted by atomic mass is 9.98. The number of hydrogen-bond donors (Lipinski definition) is 1. The minimum atomic E-state index is -1.13. The van der Waals surface area contributed by atoms with E-state index in [9.17, 15) is 5.11 Å². The van der Waals surface area contributed by atoms with Crippen LogP contribution in [0.25, 0.3) is 43.4 Å². The summed E-state index contributed by atoms with van der Waals surface area (Å²) in [7, 11) is -1.13. The maximum Gasteiger partial charge on any atom is 0.864 e. The number of benzene rings is 7. The van der Waals surface area contributed by atoms with Crippen LogP contribution in [-0.2, 0) is 0 Å². The zero-order valence-corrected chi connectivity index (χ0v) is 24.1. The van der Waals surface area contributed by atoms with E-state index in [1.807, 2.05) is 109 Å². The highest BCUT2D eigenvalue weighted by Crippen LogP contribution is 2.39. The first-order valence-corrected chi connectivity index (χ1v) is 14.5. The van der Waals surface area contributed by atoms with Crippen molar-refractivity contribution >= 4 is 39.6 Å². The Morgan fingerprint density at radius 1 is 0.500 bits per heavy atom. The summed E-state index contributed by atoms with van der Waals surface area (Å²) in [6, 6.07) is 47.8. The molecule has 0 saturated carbocycles. The predicted octanol–water partition coefficient (Wildman–Crippen LogP) is 9.05. The summed E-state index contributed by atoms with van der Waals surface area (Å²) in [4.78, 5) is 0. The van der Waals surface area contributed by atoms with Crippen molar-refractivity contribution in [1.29, 1.82) is 0 Å². The number of fused-ring (bicyclic) bond motifs is 3. The van der Waals surface area contributed by atoms with Crippen LogP contribution in [0.4, 0.5) is 0 Å². The Hall–Kier alpha value is -5.46. The van der Waals surface area contributed by atoms with Crippen LogP contribution in [0.3, 0.4) is 0 Å². The van der Waals surface area contributed by atoms with Gasteiger partial charge in [-0.25, -0.2) is 0 Å². The smallest absolute Gasteiger partial charge is 0.489 e. The van der Waals surface area contributed by atoms with Crippen LogP contribution in [0, 0.1) is 0 Å². The number of aliphatic hydroxyl groups excluding tert-OH is 1. The molecule has 44 heavy (non-hydrogen) atoms. The lowest BCUT2D eigenvalue weighted by Gasteiger charge is -2.21. The monoisotopic (exact) mass is 576 g/mol. The van der Waals surface area contributed by atoms with Gasteiger partial charge in [0.05, 0.1) is 0 Å². The zero-order chi connectivity index (χ0) is 29.9. The van der Waals surface area contributed by atoms with E-state index in [-0.39, 0.29) is 0 Å². The van der Waals surface area contributed by atoms with Crippen LogP contribution in [-0.4, -0.2) is 18.7 Å². The van der Waals surface area contributed by atoms with Gasteiger partial charge in [0.25, 0.3) is 0 Å². The zero-order valence-electron chi connectivity index (χ0n) is 24.1. The summed E-state index contributed by atoms with van der Waals surface area (Å²) in [5, 5.41) is 15.6. The first-order valence-electron chi connectivity index (χ1n) is 14.5. The second-order valence-electron chi connectivity index (χ2n) is 10.5. The van der Waals surface area contributed by atoms with Crippen molar-refractivity contribution in [1.82, 2.24) is 0 Å². The summed E-state index contributed by atoms with van der Waals surface area (Å²) in [6.45, 7) is 1.58. The summed E-state index contributed by atoms with van der Waals surface area (Å²) < 4.78 is 25.4. The third kappa shape index (κ3) is 5.63. The average Bonchev–Trinajstić information content (AvgIpc) is 3.05. The fraction of sp³-hybridized carbons (Fsp3) is 0.0526. The lowest BCUT2D eigenvalue weighted by Crippen LogP contribution is -2.37. The normalized spacial score (nSPS) is 11.8. The number of rotatable bonds is 9. The van der Waals surface area contributed by atoms with Crippen molar-refractivity contribution in [3.05, 3.63) is 146 Å². The average molecular weight is 576 g/mol. The van der Waals surface area contributed by atoms with Crippen LogP contribution in [0.15, 0.2) is 146 Å².